The van der Waals surface area contributed by atoms with Crippen LogP contribution in [0.3, 0.4) is 0 Å². The smallest absolute Gasteiger partial charge is 0.340 e. The average molecular weight is 354 g/mol. The van der Waals surface area contributed by atoms with Crippen LogP contribution in [0.4, 0.5) is 0 Å². The Bertz CT molecular complexity index is 776. The van der Waals surface area contributed by atoms with Crippen LogP contribution in [-0.4, -0.2) is 29.2 Å². The van der Waals surface area contributed by atoms with E-state index in [-0.39, 0.29) is 18.6 Å². The van der Waals surface area contributed by atoms with E-state index in [1.807, 2.05) is 30.3 Å². The van der Waals surface area contributed by atoms with Crippen molar-refractivity contribution in [1.82, 2.24) is 0 Å². The van der Waals surface area contributed by atoms with E-state index < -0.39 is 11.6 Å². The van der Waals surface area contributed by atoms with Gasteiger partial charge in [0.2, 0.25) is 0 Å². The number of carbonyl (C=O) groups is 1. The highest BCUT2D eigenvalue weighted by Crippen LogP contribution is 2.25. The van der Waals surface area contributed by atoms with E-state index >= 15 is 0 Å². The van der Waals surface area contributed by atoms with Crippen molar-refractivity contribution in [1.29, 1.82) is 0 Å². The largest absolute Gasteiger partial charge is 0.489 e. The lowest BCUT2D eigenvalue weighted by atomic mass is 9.91. The first-order chi connectivity index (χ1) is 12.5. The van der Waals surface area contributed by atoms with Crippen LogP contribution >= 0.6 is 0 Å². The Balaban J connectivity index is 2.05. The molecule has 5 heteroatoms. The van der Waals surface area contributed by atoms with Crippen LogP contribution in [0.2, 0.25) is 0 Å². The molecule has 0 saturated heterocycles. The van der Waals surface area contributed by atoms with Gasteiger partial charge in [-0.25, -0.2) is 9.59 Å². The summed E-state index contributed by atoms with van der Waals surface area (Å²) >= 11 is 0. The Morgan fingerprint density at radius 2 is 1.73 bits per heavy atom. The van der Waals surface area contributed by atoms with Crippen molar-refractivity contribution in [3.63, 3.8) is 0 Å². The number of hydrogen-bond donors (Lipinski definition) is 1. The second-order valence-electron chi connectivity index (χ2n) is 5.95. The first kappa shape index (κ1) is 19.4. The van der Waals surface area contributed by atoms with E-state index in [1.54, 1.807) is 37.1 Å². The molecule has 2 rings (SSSR count). The molecule has 26 heavy (non-hydrogen) atoms. The van der Waals surface area contributed by atoms with Crippen molar-refractivity contribution in [2.24, 2.45) is 0 Å². The van der Waals surface area contributed by atoms with Crippen molar-refractivity contribution in [3.05, 3.63) is 71.3 Å². The molecular formula is C21H22O5. The van der Waals surface area contributed by atoms with Gasteiger partial charge in [0.25, 0.3) is 0 Å². The third-order valence-electron chi connectivity index (χ3n) is 4.09. The lowest BCUT2D eigenvalue weighted by Crippen LogP contribution is -2.41. The Morgan fingerprint density at radius 3 is 2.27 bits per heavy atom. The van der Waals surface area contributed by atoms with E-state index in [1.165, 1.54) is 6.92 Å². The van der Waals surface area contributed by atoms with Gasteiger partial charge in [-0.15, -0.1) is 0 Å². The number of carboxylic acids is 1. The minimum absolute atomic E-state index is 0.0461. The quantitative estimate of drug-likeness (QED) is 0.698. The molecule has 0 aliphatic rings. The van der Waals surface area contributed by atoms with Crippen molar-refractivity contribution in [2.75, 3.05) is 6.61 Å². The first-order valence-electron chi connectivity index (χ1n) is 8.37. The summed E-state index contributed by atoms with van der Waals surface area (Å²) in [6.07, 6.45) is 0.144. The van der Waals surface area contributed by atoms with Crippen LogP contribution in [0.25, 0.3) is 0 Å². The molecule has 0 aromatic heterocycles. The standard InChI is InChI=1S/C21H22O5/c1-3-26-21(2,20(23)24)18(14-22)13-16-9-11-19(12-10-16)25-15-17-7-5-4-6-8-17/h4-12H,3,13,15H2,1-2H3,(H,23,24). The summed E-state index contributed by atoms with van der Waals surface area (Å²) in [7, 11) is 0. The Kier molecular flexibility index (Phi) is 6.73. The highest BCUT2D eigenvalue weighted by molar-refractivity contribution is 5.85. The third-order valence-corrected chi connectivity index (χ3v) is 4.09. The number of carbonyl (C=O) groups excluding carboxylic acids is 1. The number of carboxylic acid groups (broad SMARTS) is 1. The molecule has 0 radical (unpaired) electrons. The van der Waals surface area contributed by atoms with Crippen LogP contribution in [0.1, 0.15) is 25.0 Å². The Hall–Kier alpha value is -2.88. The molecule has 0 fully saturated rings. The zero-order valence-electron chi connectivity index (χ0n) is 14.9. The van der Waals surface area contributed by atoms with Gasteiger partial charge in [0.15, 0.2) is 5.60 Å². The summed E-state index contributed by atoms with van der Waals surface area (Å²) in [6, 6.07) is 17.0. The highest BCUT2D eigenvalue weighted by Gasteiger charge is 2.39. The van der Waals surface area contributed by atoms with E-state index in [0.29, 0.717) is 12.4 Å². The second-order valence-corrected chi connectivity index (χ2v) is 5.95. The van der Waals surface area contributed by atoms with Crippen LogP contribution in [0.5, 0.6) is 5.75 Å². The van der Waals surface area contributed by atoms with Gasteiger partial charge in [0.1, 0.15) is 18.3 Å². The number of rotatable bonds is 9. The summed E-state index contributed by atoms with van der Waals surface area (Å²) in [5.41, 5.74) is 0.211. The summed E-state index contributed by atoms with van der Waals surface area (Å²) in [5, 5.41) is 9.42. The molecule has 0 aliphatic carbocycles. The highest BCUT2D eigenvalue weighted by atomic mass is 16.5. The Morgan fingerprint density at radius 1 is 1.08 bits per heavy atom. The molecule has 0 bridgehead atoms. The zero-order chi connectivity index (χ0) is 19.0. The van der Waals surface area contributed by atoms with Crippen molar-refractivity contribution < 1.29 is 24.2 Å². The molecule has 1 unspecified atom stereocenters. The molecule has 5 nitrogen and oxygen atoms in total. The summed E-state index contributed by atoms with van der Waals surface area (Å²) in [4.78, 5) is 22.9. The molecule has 136 valence electrons. The van der Waals surface area contributed by atoms with Gasteiger partial charge in [-0.2, -0.15) is 0 Å². The van der Waals surface area contributed by atoms with Gasteiger partial charge < -0.3 is 14.6 Å². The topological polar surface area (TPSA) is 72.8 Å². The molecule has 0 aliphatic heterocycles. The zero-order valence-corrected chi connectivity index (χ0v) is 14.9. The molecule has 1 N–H and O–H groups in total. The van der Waals surface area contributed by atoms with Crippen LogP contribution in [0.15, 0.2) is 60.2 Å². The predicted octanol–water partition coefficient (Wildman–Crippen LogP) is 3.45. The third kappa shape index (κ3) is 4.82. The lowest BCUT2D eigenvalue weighted by Gasteiger charge is -2.25. The van der Waals surface area contributed by atoms with Crippen molar-refractivity contribution in [3.8, 4) is 5.75 Å². The number of hydrogen-bond acceptors (Lipinski definition) is 4. The fourth-order valence-electron chi connectivity index (χ4n) is 2.52. The van der Waals surface area contributed by atoms with Crippen LogP contribution in [0, 0.1) is 0 Å². The van der Waals surface area contributed by atoms with Crippen LogP contribution in [-0.2, 0) is 27.4 Å². The van der Waals surface area contributed by atoms with Gasteiger partial charge in [0.05, 0.1) is 5.57 Å². The van der Waals surface area contributed by atoms with Gasteiger partial charge in [0, 0.05) is 13.0 Å². The second kappa shape index (κ2) is 8.99. The molecule has 0 saturated carbocycles. The molecule has 0 spiro atoms. The number of aliphatic carboxylic acids is 1. The minimum atomic E-state index is -1.68. The normalized spacial score (nSPS) is 12.7. The van der Waals surface area contributed by atoms with Crippen molar-refractivity contribution in [2.45, 2.75) is 32.5 Å². The average Bonchev–Trinajstić information content (AvgIpc) is 2.66. The first-order valence-corrected chi connectivity index (χ1v) is 8.37. The SMILES string of the molecule is CCOC(C)(C(=O)O)C(=C=O)Cc1ccc(OCc2ccccc2)cc1. The van der Waals surface area contributed by atoms with Gasteiger partial charge in [-0.05, 0) is 37.1 Å². The summed E-state index contributed by atoms with van der Waals surface area (Å²) in [6.45, 7) is 3.69. The fraction of sp³-hybridized carbons (Fsp3) is 0.286. The number of ether oxygens (including phenoxy) is 2. The fourth-order valence-corrected chi connectivity index (χ4v) is 2.52. The van der Waals surface area contributed by atoms with E-state index in [2.05, 4.69) is 0 Å². The van der Waals surface area contributed by atoms with Gasteiger partial charge in [-0.3, -0.25) is 0 Å². The maximum atomic E-state index is 11.5. The summed E-state index contributed by atoms with van der Waals surface area (Å²) in [5.74, 6) is 1.23. The van der Waals surface area contributed by atoms with E-state index in [4.69, 9.17) is 9.47 Å². The van der Waals surface area contributed by atoms with Crippen LogP contribution < -0.4 is 4.74 Å². The molecule has 2 aromatic rings. The van der Waals surface area contributed by atoms with Gasteiger partial charge in [-0.1, -0.05) is 42.5 Å². The Labute approximate surface area is 152 Å². The van der Waals surface area contributed by atoms with Gasteiger partial charge >= 0.3 is 5.97 Å². The summed E-state index contributed by atoms with van der Waals surface area (Å²) < 4.78 is 11.0. The molecule has 1 atom stereocenters. The maximum absolute atomic E-state index is 11.5. The monoisotopic (exact) mass is 354 g/mol. The van der Waals surface area contributed by atoms with E-state index in [9.17, 15) is 14.7 Å². The minimum Gasteiger partial charge on any atom is -0.489 e. The van der Waals surface area contributed by atoms with Crippen molar-refractivity contribution >= 4 is 11.9 Å². The maximum Gasteiger partial charge on any atom is 0.340 e. The van der Waals surface area contributed by atoms with E-state index in [0.717, 1.165) is 11.1 Å². The molecule has 0 amide bonds. The molecule has 2 aromatic carbocycles. The lowest BCUT2D eigenvalue weighted by molar-refractivity contribution is -0.158. The molecule has 0 heterocycles. The predicted molar refractivity (Wildman–Crippen MR) is 97.8 cm³/mol. The molecular weight excluding hydrogens is 332 g/mol. The number of benzene rings is 2.